The molecule has 2 rings (SSSR count). The van der Waals surface area contributed by atoms with Crippen LogP contribution in [0.4, 0.5) is 0 Å². The number of aliphatic hydroxyl groups excluding tert-OH is 1. The van der Waals surface area contributed by atoms with E-state index in [1.165, 1.54) is 24.1 Å². The maximum atomic E-state index is 10.2. The second-order valence-corrected chi connectivity index (χ2v) is 5.89. The van der Waals surface area contributed by atoms with E-state index < -0.39 is 0 Å². The van der Waals surface area contributed by atoms with E-state index in [2.05, 4.69) is 26.0 Å². The highest BCUT2D eigenvalue weighted by Crippen LogP contribution is 2.40. The van der Waals surface area contributed by atoms with Crippen molar-refractivity contribution >= 4 is 11.3 Å². The van der Waals surface area contributed by atoms with Gasteiger partial charge in [0.05, 0.1) is 6.10 Å². The standard InChI is InChI=1S/C12H18OS/c1-8-3-5-10(7-8)12(13)11-6-4-9(2)14-11/h4,6,8,10,12-13H,3,5,7H2,1-2H3. The molecule has 1 aliphatic carbocycles. The molecule has 1 aromatic heterocycles. The molecule has 0 spiro atoms. The van der Waals surface area contributed by atoms with Crippen LogP contribution >= 0.6 is 11.3 Å². The average molecular weight is 210 g/mol. The molecule has 1 N–H and O–H groups in total. The summed E-state index contributed by atoms with van der Waals surface area (Å²) >= 11 is 1.73. The molecule has 3 unspecified atom stereocenters. The zero-order chi connectivity index (χ0) is 10.1. The average Bonchev–Trinajstić information content (AvgIpc) is 2.73. The lowest BCUT2D eigenvalue weighted by Crippen LogP contribution is -2.07. The van der Waals surface area contributed by atoms with E-state index in [1.54, 1.807) is 11.3 Å². The highest BCUT2D eigenvalue weighted by atomic mass is 32.1. The third-order valence-electron chi connectivity index (χ3n) is 3.23. The molecule has 2 heteroatoms. The van der Waals surface area contributed by atoms with Gasteiger partial charge in [0.15, 0.2) is 0 Å². The maximum Gasteiger partial charge on any atom is 0.0910 e. The predicted molar refractivity (Wildman–Crippen MR) is 60.5 cm³/mol. The molecule has 1 fully saturated rings. The normalized spacial score (nSPS) is 29.4. The van der Waals surface area contributed by atoms with Crippen LogP contribution in [0.1, 0.15) is 42.0 Å². The molecule has 0 radical (unpaired) electrons. The first kappa shape index (κ1) is 10.2. The molecule has 0 amide bonds. The molecule has 0 bridgehead atoms. The Kier molecular flexibility index (Phi) is 2.93. The van der Waals surface area contributed by atoms with E-state index in [-0.39, 0.29) is 6.10 Å². The lowest BCUT2D eigenvalue weighted by Gasteiger charge is -2.16. The largest absolute Gasteiger partial charge is 0.387 e. The molecule has 1 aromatic rings. The van der Waals surface area contributed by atoms with Crippen molar-refractivity contribution < 1.29 is 5.11 Å². The van der Waals surface area contributed by atoms with Crippen LogP contribution in [-0.4, -0.2) is 5.11 Å². The maximum absolute atomic E-state index is 10.2. The van der Waals surface area contributed by atoms with Crippen LogP contribution < -0.4 is 0 Å². The monoisotopic (exact) mass is 210 g/mol. The van der Waals surface area contributed by atoms with Crippen LogP contribution in [0.5, 0.6) is 0 Å². The zero-order valence-electron chi connectivity index (χ0n) is 8.86. The molecule has 1 aliphatic rings. The van der Waals surface area contributed by atoms with Crippen LogP contribution in [0, 0.1) is 18.8 Å². The van der Waals surface area contributed by atoms with Crippen LogP contribution in [-0.2, 0) is 0 Å². The Morgan fingerprint density at radius 2 is 2.21 bits per heavy atom. The summed E-state index contributed by atoms with van der Waals surface area (Å²) in [6, 6.07) is 4.18. The predicted octanol–water partition coefficient (Wildman–Crippen LogP) is 3.53. The SMILES string of the molecule is Cc1ccc(C(O)C2CCC(C)C2)s1. The number of rotatable bonds is 2. The van der Waals surface area contributed by atoms with Gasteiger partial charge in [0.25, 0.3) is 0 Å². The molecule has 1 heterocycles. The Morgan fingerprint density at radius 3 is 2.71 bits per heavy atom. The van der Waals surface area contributed by atoms with Crippen molar-refractivity contribution in [3.8, 4) is 0 Å². The van der Waals surface area contributed by atoms with Crippen LogP contribution in [0.15, 0.2) is 12.1 Å². The summed E-state index contributed by atoms with van der Waals surface area (Å²) in [6.45, 7) is 4.38. The van der Waals surface area contributed by atoms with Crippen LogP contribution in [0.3, 0.4) is 0 Å². The van der Waals surface area contributed by atoms with E-state index in [4.69, 9.17) is 0 Å². The molecule has 0 saturated heterocycles. The number of aryl methyl sites for hydroxylation is 1. The van der Waals surface area contributed by atoms with E-state index >= 15 is 0 Å². The smallest absolute Gasteiger partial charge is 0.0910 e. The topological polar surface area (TPSA) is 20.2 Å². The van der Waals surface area contributed by atoms with E-state index in [0.717, 1.165) is 10.8 Å². The Morgan fingerprint density at radius 1 is 1.43 bits per heavy atom. The molecule has 0 aromatic carbocycles. The lowest BCUT2D eigenvalue weighted by atomic mass is 9.98. The van der Waals surface area contributed by atoms with Gasteiger partial charge in [0.1, 0.15) is 0 Å². The minimum Gasteiger partial charge on any atom is -0.387 e. The fourth-order valence-electron chi connectivity index (χ4n) is 2.38. The van der Waals surface area contributed by atoms with Gasteiger partial charge in [-0.05, 0) is 43.7 Å². The minimum absolute atomic E-state index is 0.210. The fourth-order valence-corrected chi connectivity index (χ4v) is 3.34. The Labute approximate surface area is 89.8 Å². The number of hydrogen-bond donors (Lipinski definition) is 1. The van der Waals surface area contributed by atoms with Crippen LogP contribution in [0.2, 0.25) is 0 Å². The van der Waals surface area contributed by atoms with Gasteiger partial charge in [-0.1, -0.05) is 13.3 Å². The number of aliphatic hydroxyl groups is 1. The van der Waals surface area contributed by atoms with Crippen molar-refractivity contribution in [2.45, 2.75) is 39.2 Å². The second kappa shape index (κ2) is 4.03. The highest BCUT2D eigenvalue weighted by molar-refractivity contribution is 7.12. The molecule has 1 nitrogen and oxygen atoms in total. The fraction of sp³-hybridized carbons (Fsp3) is 0.667. The number of thiophene rings is 1. The minimum atomic E-state index is -0.210. The summed E-state index contributed by atoms with van der Waals surface area (Å²) in [5.74, 6) is 1.30. The third kappa shape index (κ3) is 2.01. The van der Waals surface area contributed by atoms with Crippen LogP contribution in [0.25, 0.3) is 0 Å². The molecule has 78 valence electrons. The summed E-state index contributed by atoms with van der Waals surface area (Å²) in [4.78, 5) is 2.45. The molecular formula is C12H18OS. The molecule has 3 atom stereocenters. The van der Waals surface area contributed by atoms with Crippen molar-refractivity contribution in [2.24, 2.45) is 11.8 Å². The summed E-state index contributed by atoms with van der Waals surface area (Å²) in [5.41, 5.74) is 0. The first-order valence-corrected chi connectivity index (χ1v) is 6.23. The van der Waals surface area contributed by atoms with Gasteiger partial charge in [0.2, 0.25) is 0 Å². The third-order valence-corrected chi connectivity index (χ3v) is 4.31. The molecule has 14 heavy (non-hydrogen) atoms. The second-order valence-electron chi connectivity index (χ2n) is 4.57. The van der Waals surface area contributed by atoms with E-state index in [0.29, 0.717) is 5.92 Å². The zero-order valence-corrected chi connectivity index (χ0v) is 9.68. The van der Waals surface area contributed by atoms with Gasteiger partial charge in [0, 0.05) is 9.75 Å². The van der Waals surface area contributed by atoms with Gasteiger partial charge in [-0.15, -0.1) is 11.3 Å². The quantitative estimate of drug-likeness (QED) is 0.791. The first-order valence-electron chi connectivity index (χ1n) is 5.41. The van der Waals surface area contributed by atoms with Crippen molar-refractivity contribution in [1.82, 2.24) is 0 Å². The van der Waals surface area contributed by atoms with Gasteiger partial charge in [-0.3, -0.25) is 0 Å². The highest BCUT2D eigenvalue weighted by Gasteiger charge is 2.28. The lowest BCUT2D eigenvalue weighted by molar-refractivity contribution is 0.113. The van der Waals surface area contributed by atoms with Gasteiger partial charge in [-0.25, -0.2) is 0 Å². The number of hydrogen-bond acceptors (Lipinski definition) is 2. The van der Waals surface area contributed by atoms with Crippen molar-refractivity contribution in [3.63, 3.8) is 0 Å². The Hall–Kier alpha value is -0.340. The first-order chi connectivity index (χ1) is 6.66. The van der Waals surface area contributed by atoms with E-state index in [9.17, 15) is 5.11 Å². The van der Waals surface area contributed by atoms with Crippen molar-refractivity contribution in [2.75, 3.05) is 0 Å². The van der Waals surface area contributed by atoms with Gasteiger partial charge >= 0.3 is 0 Å². The summed E-state index contributed by atoms with van der Waals surface area (Å²) in [6.07, 6.45) is 3.46. The van der Waals surface area contributed by atoms with Gasteiger partial charge < -0.3 is 5.11 Å². The summed E-state index contributed by atoms with van der Waals surface area (Å²) in [5, 5.41) is 10.2. The molecule has 1 saturated carbocycles. The van der Waals surface area contributed by atoms with Gasteiger partial charge in [-0.2, -0.15) is 0 Å². The molecule has 0 aliphatic heterocycles. The van der Waals surface area contributed by atoms with E-state index in [1.807, 2.05) is 0 Å². The van der Waals surface area contributed by atoms with Crippen molar-refractivity contribution in [1.29, 1.82) is 0 Å². The van der Waals surface area contributed by atoms with Crippen molar-refractivity contribution in [3.05, 3.63) is 21.9 Å². The Balaban J connectivity index is 2.05. The summed E-state index contributed by atoms with van der Waals surface area (Å²) in [7, 11) is 0. The Bertz CT molecular complexity index is 305. The molecular weight excluding hydrogens is 192 g/mol. The summed E-state index contributed by atoms with van der Waals surface area (Å²) < 4.78 is 0.